The third kappa shape index (κ3) is 3.41. The van der Waals surface area contributed by atoms with Crippen LogP contribution in [-0.4, -0.2) is 0 Å². The Morgan fingerprint density at radius 2 is 1.84 bits per heavy atom. The normalized spacial score (nSPS) is 12.3. The zero-order chi connectivity index (χ0) is 14.0. The molecule has 4 heteroatoms. The molecule has 0 heterocycles. The molecule has 0 saturated carbocycles. The molecule has 2 aromatic rings. The summed E-state index contributed by atoms with van der Waals surface area (Å²) < 4.78 is 5.80. The van der Waals surface area contributed by atoms with Gasteiger partial charge in [0.1, 0.15) is 11.5 Å². The fourth-order valence-electron chi connectivity index (χ4n) is 1.75. The maximum Gasteiger partial charge on any atom is 0.131 e. The van der Waals surface area contributed by atoms with Gasteiger partial charge in [-0.25, -0.2) is 0 Å². The van der Waals surface area contributed by atoms with Crippen LogP contribution in [0.4, 0.5) is 0 Å². The van der Waals surface area contributed by atoms with Crippen molar-refractivity contribution in [3.05, 3.63) is 57.6 Å². The Hall–Kier alpha value is -1.22. The standard InChI is InChI=1S/C15H15Cl2NO/c1-9-3-4-11(16)7-15(9)19-12-5-6-13(10(2)18)14(17)8-12/h3-8,10H,18H2,1-2H3. The summed E-state index contributed by atoms with van der Waals surface area (Å²) in [5, 5.41) is 1.24. The van der Waals surface area contributed by atoms with E-state index in [0.717, 1.165) is 16.9 Å². The van der Waals surface area contributed by atoms with Gasteiger partial charge in [0.15, 0.2) is 0 Å². The van der Waals surface area contributed by atoms with Crippen molar-refractivity contribution >= 4 is 23.2 Å². The Morgan fingerprint density at radius 3 is 2.47 bits per heavy atom. The summed E-state index contributed by atoms with van der Waals surface area (Å²) in [7, 11) is 0. The molecule has 0 aliphatic heterocycles. The number of rotatable bonds is 3. The van der Waals surface area contributed by atoms with Gasteiger partial charge in [0.05, 0.1) is 0 Å². The number of ether oxygens (including phenoxy) is 1. The Kier molecular flexibility index (Phi) is 4.35. The molecule has 0 radical (unpaired) electrons. The van der Waals surface area contributed by atoms with Crippen molar-refractivity contribution in [2.75, 3.05) is 0 Å². The van der Waals surface area contributed by atoms with Crippen LogP contribution in [0.25, 0.3) is 0 Å². The topological polar surface area (TPSA) is 35.2 Å². The van der Waals surface area contributed by atoms with Crippen LogP contribution in [0.1, 0.15) is 24.1 Å². The summed E-state index contributed by atoms with van der Waals surface area (Å²) in [6.45, 7) is 3.85. The first kappa shape index (κ1) is 14.2. The van der Waals surface area contributed by atoms with Gasteiger partial charge in [0.2, 0.25) is 0 Å². The molecule has 2 aromatic carbocycles. The molecule has 0 aliphatic rings. The van der Waals surface area contributed by atoms with Crippen molar-refractivity contribution in [1.29, 1.82) is 0 Å². The fourth-order valence-corrected chi connectivity index (χ4v) is 2.26. The number of aryl methyl sites for hydroxylation is 1. The predicted molar refractivity (Wildman–Crippen MR) is 80.3 cm³/mol. The van der Waals surface area contributed by atoms with E-state index in [1.54, 1.807) is 12.1 Å². The summed E-state index contributed by atoms with van der Waals surface area (Å²) in [4.78, 5) is 0. The highest BCUT2D eigenvalue weighted by molar-refractivity contribution is 6.31. The molecule has 0 fully saturated rings. The largest absolute Gasteiger partial charge is 0.457 e. The minimum Gasteiger partial charge on any atom is -0.457 e. The van der Waals surface area contributed by atoms with Crippen molar-refractivity contribution in [3.8, 4) is 11.5 Å². The maximum absolute atomic E-state index is 6.18. The third-order valence-electron chi connectivity index (χ3n) is 2.84. The summed E-state index contributed by atoms with van der Waals surface area (Å²) >= 11 is 12.1. The molecule has 0 aromatic heterocycles. The highest BCUT2D eigenvalue weighted by atomic mass is 35.5. The molecule has 0 saturated heterocycles. The van der Waals surface area contributed by atoms with Gasteiger partial charge >= 0.3 is 0 Å². The lowest BCUT2D eigenvalue weighted by molar-refractivity contribution is 0.478. The lowest BCUT2D eigenvalue weighted by Gasteiger charge is -2.12. The number of benzene rings is 2. The Labute approximate surface area is 123 Å². The molecule has 100 valence electrons. The van der Waals surface area contributed by atoms with Gasteiger partial charge in [-0.3, -0.25) is 0 Å². The van der Waals surface area contributed by atoms with E-state index in [4.69, 9.17) is 33.7 Å². The van der Waals surface area contributed by atoms with Crippen LogP contribution in [0, 0.1) is 6.92 Å². The molecule has 2 rings (SSSR count). The van der Waals surface area contributed by atoms with Gasteiger partial charge in [0.25, 0.3) is 0 Å². The second-order valence-electron chi connectivity index (χ2n) is 4.48. The van der Waals surface area contributed by atoms with E-state index in [-0.39, 0.29) is 6.04 Å². The molecule has 2 N–H and O–H groups in total. The van der Waals surface area contributed by atoms with E-state index in [1.165, 1.54) is 0 Å². The molecule has 0 amide bonds. The average molecular weight is 296 g/mol. The van der Waals surface area contributed by atoms with Crippen LogP contribution in [0.2, 0.25) is 10.0 Å². The molecule has 0 aliphatic carbocycles. The molecule has 1 unspecified atom stereocenters. The van der Waals surface area contributed by atoms with E-state index >= 15 is 0 Å². The smallest absolute Gasteiger partial charge is 0.131 e. The van der Waals surface area contributed by atoms with Gasteiger partial charge in [-0.05, 0) is 49.2 Å². The second kappa shape index (κ2) is 5.83. The van der Waals surface area contributed by atoms with Crippen LogP contribution >= 0.6 is 23.2 Å². The van der Waals surface area contributed by atoms with Gasteiger partial charge in [-0.15, -0.1) is 0 Å². The first-order chi connectivity index (χ1) is 8.97. The summed E-state index contributed by atoms with van der Waals surface area (Å²) in [6.07, 6.45) is 0. The maximum atomic E-state index is 6.18. The predicted octanol–water partition coefficient (Wildman–Crippen LogP) is 5.11. The molecular weight excluding hydrogens is 281 g/mol. The van der Waals surface area contributed by atoms with Crippen molar-refractivity contribution in [1.82, 2.24) is 0 Å². The first-order valence-corrected chi connectivity index (χ1v) is 6.72. The highest BCUT2D eigenvalue weighted by Gasteiger charge is 2.08. The molecule has 19 heavy (non-hydrogen) atoms. The first-order valence-electron chi connectivity index (χ1n) is 5.96. The van der Waals surface area contributed by atoms with Crippen molar-refractivity contribution in [2.45, 2.75) is 19.9 Å². The molecule has 0 spiro atoms. The van der Waals surface area contributed by atoms with Crippen LogP contribution in [0.5, 0.6) is 11.5 Å². The Bertz CT molecular complexity index is 597. The monoisotopic (exact) mass is 295 g/mol. The number of halogens is 2. The van der Waals surface area contributed by atoms with Gasteiger partial charge in [-0.2, -0.15) is 0 Å². The number of hydrogen-bond acceptors (Lipinski definition) is 2. The van der Waals surface area contributed by atoms with Gasteiger partial charge in [-0.1, -0.05) is 35.3 Å². The van der Waals surface area contributed by atoms with E-state index < -0.39 is 0 Å². The van der Waals surface area contributed by atoms with Crippen LogP contribution in [-0.2, 0) is 0 Å². The minimum absolute atomic E-state index is 0.102. The molecule has 1 atom stereocenters. The van der Waals surface area contributed by atoms with E-state index in [9.17, 15) is 0 Å². The van der Waals surface area contributed by atoms with Crippen molar-refractivity contribution in [3.63, 3.8) is 0 Å². The van der Waals surface area contributed by atoms with Gasteiger partial charge in [0, 0.05) is 16.1 Å². The quantitative estimate of drug-likeness (QED) is 0.853. The third-order valence-corrected chi connectivity index (χ3v) is 3.40. The zero-order valence-corrected chi connectivity index (χ0v) is 12.3. The summed E-state index contributed by atoms with van der Waals surface area (Å²) in [5.41, 5.74) is 7.73. The van der Waals surface area contributed by atoms with E-state index in [1.807, 2.05) is 38.1 Å². The van der Waals surface area contributed by atoms with E-state index in [2.05, 4.69) is 0 Å². The van der Waals surface area contributed by atoms with Crippen molar-refractivity contribution in [2.24, 2.45) is 5.73 Å². The molecule has 2 nitrogen and oxygen atoms in total. The fraction of sp³-hybridized carbons (Fsp3) is 0.200. The Balaban J connectivity index is 2.29. The average Bonchev–Trinajstić information content (AvgIpc) is 2.33. The molecular formula is C15H15Cl2NO. The minimum atomic E-state index is -0.102. The summed E-state index contributed by atoms with van der Waals surface area (Å²) in [5.74, 6) is 1.39. The number of hydrogen-bond donors (Lipinski definition) is 1. The lowest BCUT2D eigenvalue weighted by Crippen LogP contribution is -2.05. The summed E-state index contributed by atoms with van der Waals surface area (Å²) in [6, 6.07) is 10.9. The van der Waals surface area contributed by atoms with Crippen molar-refractivity contribution < 1.29 is 4.74 Å². The van der Waals surface area contributed by atoms with E-state index in [0.29, 0.717) is 15.8 Å². The number of nitrogens with two attached hydrogens (primary N) is 1. The second-order valence-corrected chi connectivity index (χ2v) is 5.33. The highest BCUT2D eigenvalue weighted by Crippen LogP contribution is 2.31. The zero-order valence-electron chi connectivity index (χ0n) is 10.8. The van der Waals surface area contributed by atoms with Crippen LogP contribution in [0.15, 0.2) is 36.4 Å². The van der Waals surface area contributed by atoms with Gasteiger partial charge < -0.3 is 10.5 Å². The van der Waals surface area contributed by atoms with Crippen LogP contribution < -0.4 is 10.5 Å². The van der Waals surface area contributed by atoms with Crippen LogP contribution in [0.3, 0.4) is 0 Å². The SMILES string of the molecule is Cc1ccc(Cl)cc1Oc1ccc(C(C)N)c(Cl)c1. The molecule has 0 bridgehead atoms. The lowest BCUT2D eigenvalue weighted by atomic mass is 10.1. The Morgan fingerprint density at radius 1 is 1.11 bits per heavy atom.